The summed E-state index contributed by atoms with van der Waals surface area (Å²) < 4.78 is 77.6. The third-order valence-electron chi connectivity index (χ3n) is 8.38. The Balaban J connectivity index is 1.32. The smallest absolute Gasteiger partial charge is 0.408 e. The molecule has 0 bridgehead atoms. The number of fused-ring (bicyclic) bond motifs is 1. The van der Waals surface area contributed by atoms with Crippen LogP contribution in [-0.4, -0.2) is 76.4 Å². The van der Waals surface area contributed by atoms with Crippen LogP contribution in [0.4, 0.5) is 17.6 Å². The van der Waals surface area contributed by atoms with E-state index in [4.69, 9.17) is 30.2 Å². The molecule has 55 heavy (non-hydrogen) atoms. The number of alkyl halides is 3. The highest BCUT2D eigenvalue weighted by molar-refractivity contribution is 7.22. The Morgan fingerprint density at radius 3 is 2.62 bits per heavy atom. The third-order valence-corrected chi connectivity index (χ3v) is 9.96. The molecule has 0 spiro atoms. The lowest BCUT2D eigenvalue weighted by molar-refractivity contribution is -0.145. The molecule has 3 N–H and O–H groups in total. The summed E-state index contributed by atoms with van der Waals surface area (Å²) in [5.41, 5.74) is 2.27. The fourth-order valence-electron chi connectivity index (χ4n) is 5.75. The number of halogens is 5. The number of aliphatic carboxylic acids is 1. The Hall–Kier alpha value is -5.23. The maximum atomic E-state index is 14.2. The van der Waals surface area contributed by atoms with E-state index in [2.05, 4.69) is 25.7 Å². The van der Waals surface area contributed by atoms with Crippen LogP contribution in [0, 0.1) is 12.9 Å². The first-order chi connectivity index (χ1) is 26.4. The van der Waals surface area contributed by atoms with Gasteiger partial charge in [0.15, 0.2) is 0 Å². The van der Waals surface area contributed by atoms with Gasteiger partial charge < -0.3 is 34.4 Å². The number of carboxylic acid groups (broad SMARTS) is 1. The molecule has 6 aromatic rings. The number of nitrogens with zero attached hydrogens (tertiary/aromatic N) is 4. The van der Waals surface area contributed by atoms with Crippen molar-refractivity contribution in [1.29, 1.82) is 0 Å². The molecule has 4 heterocycles. The number of likely N-dealkylation sites (N-methyl/N-ethyl adjacent to an activating group) is 1. The summed E-state index contributed by atoms with van der Waals surface area (Å²) in [5.74, 6) is -0.504. The quantitative estimate of drug-likeness (QED) is 0.0594. The van der Waals surface area contributed by atoms with Crippen LogP contribution in [0.25, 0.3) is 32.0 Å². The van der Waals surface area contributed by atoms with Crippen molar-refractivity contribution in [3.63, 3.8) is 0 Å². The summed E-state index contributed by atoms with van der Waals surface area (Å²) >= 11 is 8.02. The van der Waals surface area contributed by atoms with Gasteiger partial charge in [0, 0.05) is 43.9 Å². The van der Waals surface area contributed by atoms with Gasteiger partial charge in [-0.25, -0.2) is 14.8 Å². The van der Waals surface area contributed by atoms with Crippen molar-refractivity contribution in [2.45, 2.75) is 38.8 Å². The Morgan fingerprint density at radius 2 is 1.87 bits per heavy atom. The van der Waals surface area contributed by atoms with E-state index in [0.29, 0.717) is 61.3 Å². The van der Waals surface area contributed by atoms with Crippen molar-refractivity contribution < 1.29 is 46.1 Å². The van der Waals surface area contributed by atoms with E-state index in [-0.39, 0.29) is 36.1 Å². The molecule has 0 unspecified atom stereocenters. The van der Waals surface area contributed by atoms with Crippen LogP contribution < -0.4 is 24.8 Å². The largest absolute Gasteiger partial charge is 0.491 e. The third kappa shape index (κ3) is 9.54. The molecule has 1 atom stereocenters. The number of rotatable bonds is 18. The molecular formula is C37H35ClF4N6O6S. The standard InChI is InChI=1S/C37H35ClF4N6O6S/c1-21-24(7-8-26(32(21)38)51-16-15-44-14-13-43-2)30-31-34(45-20-46-35(31)55-33(30)27-9-10-29(39)53-27)54-28(36(49)50)17-22-5-3-4-6-25(22)52-18-23-11-12-47-48(23)19-37(40,41)42/h3-12,20,28,43-44H,13-19H2,1-2H3,(H,49,50)/t28-/m1/s1. The Morgan fingerprint density at radius 1 is 1.05 bits per heavy atom. The van der Waals surface area contributed by atoms with Crippen molar-refractivity contribution in [3.8, 4) is 39.1 Å². The second-order valence-corrected chi connectivity index (χ2v) is 13.5. The average Bonchev–Trinajstić information content (AvgIpc) is 3.88. The molecule has 18 heteroatoms. The summed E-state index contributed by atoms with van der Waals surface area (Å²) in [7, 11) is 1.87. The van der Waals surface area contributed by atoms with Crippen LogP contribution in [0.15, 0.2) is 71.5 Å². The zero-order chi connectivity index (χ0) is 39.1. The normalized spacial score (nSPS) is 12.3. The van der Waals surface area contributed by atoms with Gasteiger partial charge in [-0.3, -0.25) is 4.68 Å². The van der Waals surface area contributed by atoms with E-state index < -0.39 is 30.8 Å². The Bertz CT molecular complexity index is 2260. The fourth-order valence-corrected chi connectivity index (χ4v) is 7.08. The number of para-hydroxylation sites is 1. The number of carbonyl (C=O) groups is 1. The lowest BCUT2D eigenvalue weighted by Gasteiger charge is -2.18. The molecule has 12 nitrogen and oxygen atoms in total. The highest BCUT2D eigenvalue weighted by Crippen LogP contribution is 2.49. The molecule has 0 saturated heterocycles. The van der Waals surface area contributed by atoms with Gasteiger partial charge in [0.05, 0.1) is 21.0 Å². The maximum Gasteiger partial charge on any atom is 0.408 e. The van der Waals surface area contributed by atoms with Gasteiger partial charge >= 0.3 is 12.1 Å². The van der Waals surface area contributed by atoms with E-state index in [1.165, 1.54) is 42.1 Å². The molecular weight excluding hydrogens is 768 g/mol. The van der Waals surface area contributed by atoms with Crippen LogP contribution in [0.2, 0.25) is 5.02 Å². The highest BCUT2D eigenvalue weighted by atomic mass is 35.5. The van der Waals surface area contributed by atoms with Crippen LogP contribution in [0.1, 0.15) is 16.8 Å². The van der Waals surface area contributed by atoms with Gasteiger partial charge in [-0.2, -0.15) is 22.7 Å². The van der Waals surface area contributed by atoms with Crippen molar-refractivity contribution in [3.05, 3.63) is 95.0 Å². The zero-order valence-electron chi connectivity index (χ0n) is 29.5. The molecule has 0 fully saturated rings. The van der Waals surface area contributed by atoms with Crippen LogP contribution in [-0.2, 0) is 24.4 Å². The van der Waals surface area contributed by atoms with Crippen LogP contribution >= 0.6 is 22.9 Å². The molecule has 6 rings (SSSR count). The van der Waals surface area contributed by atoms with Gasteiger partial charge in [-0.05, 0) is 54.9 Å². The Kier molecular flexibility index (Phi) is 12.5. The number of hydrogen-bond acceptors (Lipinski definition) is 11. The predicted molar refractivity (Wildman–Crippen MR) is 197 cm³/mol. The van der Waals surface area contributed by atoms with Crippen molar-refractivity contribution >= 4 is 39.1 Å². The van der Waals surface area contributed by atoms with Gasteiger partial charge in [-0.15, -0.1) is 11.3 Å². The second-order valence-electron chi connectivity index (χ2n) is 12.2. The van der Waals surface area contributed by atoms with Crippen LogP contribution in [0.5, 0.6) is 17.4 Å². The molecule has 4 aromatic heterocycles. The highest BCUT2D eigenvalue weighted by Gasteiger charge is 2.31. The molecule has 2 aromatic carbocycles. The predicted octanol–water partition coefficient (Wildman–Crippen LogP) is 7.32. The molecule has 290 valence electrons. The molecule has 0 saturated carbocycles. The number of carboxylic acids is 1. The minimum Gasteiger partial charge on any atom is -0.491 e. The van der Waals surface area contributed by atoms with E-state index in [0.717, 1.165) is 17.8 Å². The van der Waals surface area contributed by atoms with E-state index in [9.17, 15) is 27.5 Å². The summed E-state index contributed by atoms with van der Waals surface area (Å²) in [6.45, 7) is 2.77. The maximum absolute atomic E-state index is 14.2. The number of nitrogens with one attached hydrogen (secondary N) is 2. The first-order valence-electron chi connectivity index (χ1n) is 16.9. The minimum atomic E-state index is -4.49. The van der Waals surface area contributed by atoms with Crippen molar-refractivity contribution in [2.24, 2.45) is 0 Å². The lowest BCUT2D eigenvalue weighted by Crippen LogP contribution is -2.30. The SMILES string of the molecule is CNCCNCCOc1ccc(-c2c(-c3ccc(F)o3)sc3ncnc(O[C@H](Cc4ccccc4OCc4ccnn4CC(F)(F)F)C(=O)O)c23)c(C)c1Cl. The van der Waals surface area contributed by atoms with Crippen LogP contribution in [0.3, 0.4) is 0 Å². The summed E-state index contributed by atoms with van der Waals surface area (Å²) in [4.78, 5) is 22.4. The second kappa shape index (κ2) is 17.5. The number of thiophene rings is 1. The fraction of sp³-hybridized carbons (Fsp3) is 0.297. The van der Waals surface area contributed by atoms with Gasteiger partial charge in [0.1, 0.15) is 48.2 Å². The van der Waals surface area contributed by atoms with E-state index >= 15 is 0 Å². The minimum absolute atomic E-state index is 0.0696. The van der Waals surface area contributed by atoms with E-state index in [1.54, 1.807) is 43.3 Å². The van der Waals surface area contributed by atoms with Crippen molar-refractivity contribution in [1.82, 2.24) is 30.4 Å². The number of ether oxygens (including phenoxy) is 3. The molecule has 0 amide bonds. The van der Waals surface area contributed by atoms with Gasteiger partial charge in [0.25, 0.3) is 6.01 Å². The first-order valence-corrected chi connectivity index (χ1v) is 18.1. The first kappa shape index (κ1) is 39.5. The Labute approximate surface area is 321 Å². The molecule has 0 aliphatic carbocycles. The summed E-state index contributed by atoms with van der Waals surface area (Å²) in [6, 6.07) is 13.3. The van der Waals surface area contributed by atoms with E-state index in [1.807, 2.05) is 7.05 Å². The summed E-state index contributed by atoms with van der Waals surface area (Å²) in [5, 5.41) is 21.1. The number of aromatic nitrogens is 4. The average molecular weight is 803 g/mol. The summed E-state index contributed by atoms with van der Waals surface area (Å²) in [6.07, 6.45) is -3.75. The number of hydrogen-bond donors (Lipinski definition) is 3. The van der Waals surface area contributed by atoms with Crippen molar-refractivity contribution in [2.75, 3.05) is 33.3 Å². The van der Waals surface area contributed by atoms with Gasteiger partial charge in [-0.1, -0.05) is 35.9 Å². The zero-order valence-corrected chi connectivity index (χ0v) is 31.0. The number of benzene rings is 2. The topological polar surface area (TPSA) is 146 Å². The molecule has 0 aliphatic rings. The monoisotopic (exact) mass is 802 g/mol. The lowest BCUT2D eigenvalue weighted by atomic mass is 9.97. The molecule has 0 aliphatic heterocycles. The number of furan rings is 1. The molecule has 0 radical (unpaired) electrons. The van der Waals surface area contributed by atoms with Gasteiger partial charge in [0.2, 0.25) is 12.0 Å².